The molecule has 0 aliphatic rings. The Hall–Kier alpha value is -4.59. The maximum Gasteiger partial charge on any atom is 0.339 e. The summed E-state index contributed by atoms with van der Waals surface area (Å²) in [6, 6.07) is 43.6. The van der Waals surface area contributed by atoms with Gasteiger partial charge >= 0.3 is 5.97 Å². The molecule has 0 unspecified atom stereocenters. The van der Waals surface area contributed by atoms with Crippen LogP contribution in [-0.2, 0) is 9.48 Å². The van der Waals surface area contributed by atoms with Crippen LogP contribution >= 0.6 is 11.8 Å². The monoisotopic (exact) mass is 511 g/mol. The molecule has 4 heteroatoms. The third kappa shape index (κ3) is 5.39. The summed E-state index contributed by atoms with van der Waals surface area (Å²) in [6.07, 6.45) is 1.48. The lowest BCUT2D eigenvalue weighted by atomic mass is 9.84. The zero-order valence-corrected chi connectivity index (χ0v) is 21.7. The number of carbonyl (C=O) groups is 1. The minimum Gasteiger partial charge on any atom is -0.465 e. The van der Waals surface area contributed by atoms with Gasteiger partial charge in [0.2, 0.25) is 0 Å². The number of hydrogen-bond acceptors (Lipinski definition) is 4. The average molecular weight is 512 g/mol. The lowest BCUT2D eigenvalue weighted by Gasteiger charge is -2.35. The zero-order chi connectivity index (χ0) is 26.2. The number of carbonyl (C=O) groups excluding carboxylic acids is 1. The van der Waals surface area contributed by atoms with Gasteiger partial charge in [0.05, 0.1) is 17.4 Å². The fourth-order valence-electron chi connectivity index (χ4n) is 4.32. The van der Waals surface area contributed by atoms with Crippen LogP contribution in [0.5, 0.6) is 0 Å². The Morgan fingerprint density at radius 1 is 0.684 bits per heavy atom. The normalized spacial score (nSPS) is 10.8. The number of aromatic nitrogens is 1. The van der Waals surface area contributed by atoms with Crippen LogP contribution in [-0.4, -0.2) is 18.1 Å². The molecule has 5 aromatic rings. The standard InChI is InChI=1S/C34H25NO2S/c1-37-33(36)27-20-22-31(35-25-27)21-17-26-18-23-32(24-19-26)38-34(28-11-5-2-6-12-28,29-13-7-3-8-14-29)30-15-9-4-10-16-30/h2-16,18-20,22-25H,1H3. The first kappa shape index (κ1) is 25.1. The van der Waals surface area contributed by atoms with Crippen molar-refractivity contribution in [3.8, 4) is 11.8 Å². The summed E-state index contributed by atoms with van der Waals surface area (Å²) in [6.45, 7) is 0. The SMILES string of the molecule is COC(=O)c1ccc(C#Cc2ccc(SC(c3ccccc3)(c3ccccc3)c3ccccc3)cc2)nc1. The van der Waals surface area contributed by atoms with Gasteiger partial charge in [-0.1, -0.05) is 96.9 Å². The maximum atomic E-state index is 11.6. The van der Waals surface area contributed by atoms with E-state index in [0.29, 0.717) is 11.3 Å². The molecule has 0 fully saturated rings. The van der Waals surface area contributed by atoms with Crippen molar-refractivity contribution >= 4 is 17.7 Å². The van der Waals surface area contributed by atoms with Gasteiger partial charge < -0.3 is 4.74 Å². The van der Waals surface area contributed by atoms with Gasteiger partial charge in [0.15, 0.2) is 0 Å². The molecular weight excluding hydrogens is 486 g/mol. The Labute approximate surface area is 227 Å². The fourth-order valence-corrected chi connectivity index (χ4v) is 5.71. The number of methoxy groups -OCH3 is 1. The lowest BCUT2D eigenvalue weighted by molar-refractivity contribution is 0.0600. The summed E-state index contributed by atoms with van der Waals surface area (Å²) >= 11 is 1.82. The van der Waals surface area contributed by atoms with E-state index in [0.717, 1.165) is 10.5 Å². The molecule has 5 rings (SSSR count). The predicted octanol–water partition coefficient (Wildman–Crippen LogP) is 7.35. The first-order valence-electron chi connectivity index (χ1n) is 12.2. The number of rotatable bonds is 6. The van der Waals surface area contributed by atoms with Crippen molar-refractivity contribution in [3.63, 3.8) is 0 Å². The van der Waals surface area contributed by atoms with Gasteiger partial charge in [-0.05, 0) is 59.0 Å². The number of hydrogen-bond donors (Lipinski definition) is 0. The van der Waals surface area contributed by atoms with Crippen LogP contribution in [0.2, 0.25) is 0 Å². The van der Waals surface area contributed by atoms with Gasteiger partial charge in [-0.3, -0.25) is 0 Å². The minimum atomic E-state index is -0.428. The number of benzene rings is 4. The Kier molecular flexibility index (Phi) is 7.68. The summed E-state index contributed by atoms with van der Waals surface area (Å²) in [5, 5.41) is 0. The molecule has 38 heavy (non-hydrogen) atoms. The number of ether oxygens (including phenoxy) is 1. The molecule has 0 aliphatic carbocycles. The van der Waals surface area contributed by atoms with Crippen molar-refractivity contribution in [2.75, 3.05) is 7.11 Å². The van der Waals surface area contributed by atoms with E-state index in [1.54, 1.807) is 12.1 Å². The van der Waals surface area contributed by atoms with E-state index in [4.69, 9.17) is 4.74 Å². The van der Waals surface area contributed by atoms with E-state index in [1.165, 1.54) is 30.0 Å². The first-order valence-corrected chi connectivity index (χ1v) is 13.0. The van der Waals surface area contributed by atoms with E-state index in [-0.39, 0.29) is 0 Å². The third-order valence-corrected chi connectivity index (χ3v) is 7.71. The summed E-state index contributed by atoms with van der Waals surface area (Å²) in [4.78, 5) is 17.0. The van der Waals surface area contributed by atoms with Crippen LogP contribution in [0.25, 0.3) is 0 Å². The van der Waals surface area contributed by atoms with Crippen molar-refractivity contribution < 1.29 is 9.53 Å². The molecule has 0 spiro atoms. The van der Waals surface area contributed by atoms with Crippen LogP contribution in [0.15, 0.2) is 138 Å². The molecule has 184 valence electrons. The van der Waals surface area contributed by atoms with Crippen LogP contribution in [0.3, 0.4) is 0 Å². The molecule has 0 bridgehead atoms. The highest BCUT2D eigenvalue weighted by Gasteiger charge is 2.37. The van der Waals surface area contributed by atoms with E-state index < -0.39 is 10.7 Å². The number of pyridine rings is 1. The third-order valence-electron chi connectivity index (χ3n) is 6.19. The van der Waals surface area contributed by atoms with E-state index in [9.17, 15) is 4.79 Å². The minimum absolute atomic E-state index is 0.401. The molecule has 0 aliphatic heterocycles. The summed E-state index contributed by atoms with van der Waals surface area (Å²) in [5.41, 5.74) is 5.52. The van der Waals surface area contributed by atoms with Crippen LogP contribution in [0.4, 0.5) is 0 Å². The number of nitrogens with zero attached hydrogens (tertiary/aromatic N) is 1. The summed E-state index contributed by atoms with van der Waals surface area (Å²) in [5.74, 6) is 5.83. The molecule has 1 heterocycles. The van der Waals surface area contributed by atoms with Crippen LogP contribution in [0.1, 0.15) is 38.3 Å². The predicted molar refractivity (Wildman–Crippen MR) is 153 cm³/mol. The van der Waals surface area contributed by atoms with Crippen molar-refractivity contribution in [2.45, 2.75) is 9.64 Å². The Balaban J connectivity index is 1.49. The topological polar surface area (TPSA) is 39.2 Å². The van der Waals surface area contributed by atoms with Crippen molar-refractivity contribution in [1.82, 2.24) is 4.98 Å². The Morgan fingerprint density at radius 3 is 1.66 bits per heavy atom. The summed E-state index contributed by atoms with van der Waals surface area (Å²) in [7, 11) is 1.35. The van der Waals surface area contributed by atoms with Crippen molar-refractivity contribution in [2.24, 2.45) is 0 Å². The fraction of sp³-hybridized carbons (Fsp3) is 0.0588. The lowest BCUT2D eigenvalue weighted by Crippen LogP contribution is -2.25. The second-order valence-corrected chi connectivity index (χ2v) is 9.87. The van der Waals surface area contributed by atoms with Crippen LogP contribution in [0, 0.1) is 11.8 Å². The molecule has 3 nitrogen and oxygen atoms in total. The molecule has 0 saturated carbocycles. The number of esters is 1. The van der Waals surface area contributed by atoms with E-state index in [2.05, 4.69) is 120 Å². The number of thioether (sulfide) groups is 1. The van der Waals surface area contributed by atoms with Gasteiger partial charge in [0, 0.05) is 16.7 Å². The zero-order valence-electron chi connectivity index (χ0n) is 20.9. The first-order chi connectivity index (χ1) is 18.7. The molecule has 0 radical (unpaired) electrons. The van der Waals surface area contributed by atoms with Gasteiger partial charge in [0.1, 0.15) is 5.69 Å². The highest BCUT2D eigenvalue weighted by molar-refractivity contribution is 8.00. The second kappa shape index (κ2) is 11.6. The summed E-state index contributed by atoms with van der Waals surface area (Å²) < 4.78 is 4.29. The Bertz CT molecular complexity index is 1460. The molecule has 0 atom stereocenters. The molecule has 0 saturated heterocycles. The maximum absolute atomic E-state index is 11.6. The molecular formula is C34H25NO2S. The van der Waals surface area contributed by atoms with Crippen molar-refractivity contribution in [1.29, 1.82) is 0 Å². The second-order valence-electron chi connectivity index (χ2n) is 8.58. The van der Waals surface area contributed by atoms with Gasteiger partial charge in [-0.25, -0.2) is 9.78 Å². The molecule has 0 N–H and O–H groups in total. The van der Waals surface area contributed by atoms with Crippen molar-refractivity contribution in [3.05, 3.63) is 167 Å². The average Bonchev–Trinajstić information content (AvgIpc) is 3.00. The van der Waals surface area contributed by atoms with Gasteiger partial charge in [-0.2, -0.15) is 0 Å². The highest BCUT2D eigenvalue weighted by atomic mass is 32.2. The Morgan fingerprint density at radius 2 is 1.21 bits per heavy atom. The van der Waals surface area contributed by atoms with E-state index >= 15 is 0 Å². The van der Waals surface area contributed by atoms with Gasteiger partial charge in [0.25, 0.3) is 0 Å². The largest absolute Gasteiger partial charge is 0.465 e. The molecule has 0 amide bonds. The molecule has 1 aromatic heterocycles. The smallest absolute Gasteiger partial charge is 0.339 e. The highest BCUT2D eigenvalue weighted by Crippen LogP contribution is 2.51. The van der Waals surface area contributed by atoms with Gasteiger partial charge in [-0.15, -0.1) is 11.8 Å². The quantitative estimate of drug-likeness (QED) is 0.103. The molecule has 4 aromatic carbocycles. The van der Waals surface area contributed by atoms with Crippen LogP contribution < -0.4 is 0 Å². The van der Waals surface area contributed by atoms with E-state index in [1.807, 2.05) is 23.9 Å².